The summed E-state index contributed by atoms with van der Waals surface area (Å²) >= 11 is 12.0. The maximum atomic E-state index is 14.4. The molecule has 1 amide bonds. The fourth-order valence-corrected chi connectivity index (χ4v) is 3.59. The largest absolute Gasteiger partial charge is 0.434 e. The van der Waals surface area contributed by atoms with Gasteiger partial charge < -0.3 is 9.84 Å². The van der Waals surface area contributed by atoms with Gasteiger partial charge in [-0.1, -0.05) is 40.5 Å². The van der Waals surface area contributed by atoms with E-state index in [4.69, 9.17) is 27.7 Å². The van der Waals surface area contributed by atoms with Crippen molar-refractivity contribution >= 4 is 35.3 Å². The lowest BCUT2D eigenvalue weighted by Crippen LogP contribution is -2.14. The Labute approximate surface area is 187 Å². The number of hydrogen-bond donors (Lipinski definition) is 1. The summed E-state index contributed by atoms with van der Waals surface area (Å²) in [6.07, 6.45) is -3.80. The van der Waals surface area contributed by atoms with E-state index in [2.05, 4.69) is 15.6 Å². The van der Waals surface area contributed by atoms with E-state index in [1.54, 1.807) is 0 Å². The fraction of sp³-hybridized carbons (Fsp3) is 0.0500. The number of halogens is 6. The van der Waals surface area contributed by atoms with Crippen LogP contribution in [-0.2, 0) is 11.0 Å². The third kappa shape index (κ3) is 3.82. The molecular formula is C20H10Cl2F4N4O2. The molecule has 6 nitrogen and oxygen atoms in total. The molecular weight excluding hydrogens is 475 g/mol. The normalized spacial score (nSPS) is 11.6. The minimum atomic E-state index is -4.89. The van der Waals surface area contributed by atoms with Crippen LogP contribution in [0.15, 0.2) is 53.2 Å². The molecule has 0 bridgehead atoms. The van der Waals surface area contributed by atoms with Crippen LogP contribution in [0.2, 0.25) is 10.0 Å². The predicted molar refractivity (Wildman–Crippen MR) is 109 cm³/mol. The zero-order valence-corrected chi connectivity index (χ0v) is 17.1. The Kier molecular flexibility index (Phi) is 5.66. The van der Waals surface area contributed by atoms with E-state index in [-0.39, 0.29) is 39.1 Å². The number of benzene rings is 2. The summed E-state index contributed by atoms with van der Waals surface area (Å²) < 4.78 is 62.4. The zero-order valence-electron chi connectivity index (χ0n) is 15.6. The van der Waals surface area contributed by atoms with Crippen molar-refractivity contribution in [2.45, 2.75) is 6.18 Å². The average Bonchev–Trinajstić information content (AvgIpc) is 3.33. The first-order valence-corrected chi connectivity index (χ1v) is 9.53. The predicted octanol–water partition coefficient (Wildman–Crippen LogP) is 6.23. The van der Waals surface area contributed by atoms with Gasteiger partial charge in [0.05, 0.1) is 28.0 Å². The molecule has 0 atom stereocenters. The minimum Gasteiger partial charge on any atom is -0.353 e. The van der Waals surface area contributed by atoms with E-state index in [1.807, 2.05) is 0 Å². The second kappa shape index (κ2) is 8.29. The number of alkyl halides is 3. The average molecular weight is 485 g/mol. The van der Waals surface area contributed by atoms with Crippen LogP contribution >= 0.6 is 23.2 Å². The van der Waals surface area contributed by atoms with Crippen LogP contribution in [0.1, 0.15) is 5.69 Å². The SMILES string of the molecule is O=CNc1c(-c2c(F)cccc2Cl)noc1-c1cnn(-c2cccc(Cl)c2)c1C(F)(F)F. The van der Waals surface area contributed by atoms with Crippen LogP contribution in [-0.4, -0.2) is 21.3 Å². The first-order chi connectivity index (χ1) is 15.2. The molecule has 1 N–H and O–H groups in total. The minimum absolute atomic E-state index is 0.0397. The molecule has 0 fully saturated rings. The number of rotatable bonds is 5. The highest BCUT2D eigenvalue weighted by Gasteiger charge is 2.41. The number of carbonyl (C=O) groups is 1. The van der Waals surface area contributed by atoms with Crippen molar-refractivity contribution < 1.29 is 26.9 Å². The van der Waals surface area contributed by atoms with Gasteiger partial charge in [0.25, 0.3) is 0 Å². The highest BCUT2D eigenvalue weighted by molar-refractivity contribution is 6.33. The summed E-state index contributed by atoms with van der Waals surface area (Å²) in [5.74, 6) is -1.29. The van der Waals surface area contributed by atoms with E-state index in [9.17, 15) is 22.4 Å². The lowest BCUT2D eigenvalue weighted by atomic mass is 10.1. The van der Waals surface area contributed by atoms with E-state index >= 15 is 0 Å². The second-order valence-electron chi connectivity index (χ2n) is 6.39. The number of amides is 1. The Bertz CT molecular complexity index is 1300. The molecule has 32 heavy (non-hydrogen) atoms. The summed E-state index contributed by atoms with van der Waals surface area (Å²) in [5.41, 5.74) is -2.53. The molecule has 0 aliphatic carbocycles. The van der Waals surface area contributed by atoms with Crippen molar-refractivity contribution in [1.29, 1.82) is 0 Å². The van der Waals surface area contributed by atoms with Gasteiger partial charge in [-0.15, -0.1) is 0 Å². The Morgan fingerprint density at radius 2 is 1.88 bits per heavy atom. The molecule has 0 aliphatic rings. The smallest absolute Gasteiger partial charge is 0.353 e. The second-order valence-corrected chi connectivity index (χ2v) is 7.23. The van der Waals surface area contributed by atoms with Gasteiger partial charge in [-0.25, -0.2) is 9.07 Å². The fourth-order valence-electron chi connectivity index (χ4n) is 3.15. The summed E-state index contributed by atoms with van der Waals surface area (Å²) in [7, 11) is 0. The number of nitrogens with one attached hydrogen (secondary N) is 1. The molecule has 0 radical (unpaired) electrons. The molecule has 164 valence electrons. The summed E-state index contributed by atoms with van der Waals surface area (Å²) in [4.78, 5) is 11.2. The Balaban J connectivity index is 1.97. The van der Waals surface area contributed by atoms with Crippen molar-refractivity contribution in [3.8, 4) is 28.3 Å². The molecule has 4 rings (SSSR count). The first-order valence-electron chi connectivity index (χ1n) is 8.78. The van der Waals surface area contributed by atoms with Gasteiger partial charge in [-0.05, 0) is 30.3 Å². The van der Waals surface area contributed by atoms with Crippen LogP contribution in [0.25, 0.3) is 28.3 Å². The van der Waals surface area contributed by atoms with Crippen LogP contribution in [0.5, 0.6) is 0 Å². The first kappa shape index (κ1) is 21.8. The van der Waals surface area contributed by atoms with Gasteiger partial charge in [-0.3, -0.25) is 4.79 Å². The number of carbonyl (C=O) groups excluding carboxylic acids is 1. The third-order valence-electron chi connectivity index (χ3n) is 4.43. The van der Waals surface area contributed by atoms with Crippen molar-refractivity contribution in [3.05, 3.63) is 70.2 Å². The zero-order chi connectivity index (χ0) is 23.0. The van der Waals surface area contributed by atoms with Crippen molar-refractivity contribution in [3.63, 3.8) is 0 Å². The number of nitrogens with zero attached hydrogens (tertiary/aromatic N) is 3. The number of aromatic nitrogens is 3. The van der Waals surface area contributed by atoms with E-state index in [0.717, 1.165) is 12.3 Å². The van der Waals surface area contributed by atoms with Crippen molar-refractivity contribution in [1.82, 2.24) is 14.9 Å². The summed E-state index contributed by atoms with van der Waals surface area (Å²) in [5, 5.41) is 9.85. The van der Waals surface area contributed by atoms with Crippen LogP contribution in [0, 0.1) is 5.82 Å². The molecule has 12 heteroatoms. The van der Waals surface area contributed by atoms with Crippen molar-refractivity contribution in [2.24, 2.45) is 0 Å². The van der Waals surface area contributed by atoms with Crippen LogP contribution < -0.4 is 5.32 Å². The maximum Gasteiger partial charge on any atom is 0.434 e. The standard InChI is InChI=1S/C20H10Cl2F4N4O2/c21-10-3-1-4-11(7-10)30-19(20(24,25)26)12(8-28-30)18-17(27-9-31)16(29-32-18)15-13(22)5-2-6-14(15)23/h1-9H,(H,27,31). The van der Waals surface area contributed by atoms with Crippen LogP contribution in [0.4, 0.5) is 23.2 Å². The number of anilines is 1. The summed E-state index contributed by atoms with van der Waals surface area (Å²) in [6.45, 7) is 0. The van der Waals surface area contributed by atoms with Crippen LogP contribution in [0.3, 0.4) is 0 Å². The molecule has 0 saturated carbocycles. The van der Waals surface area contributed by atoms with Gasteiger partial charge in [0.1, 0.15) is 17.2 Å². The molecule has 0 unspecified atom stereocenters. The third-order valence-corrected chi connectivity index (χ3v) is 4.98. The van der Waals surface area contributed by atoms with Gasteiger partial charge in [0.15, 0.2) is 11.5 Å². The molecule has 2 heterocycles. The molecule has 0 aliphatic heterocycles. The lowest BCUT2D eigenvalue weighted by molar-refractivity contribution is -0.142. The molecule has 4 aromatic rings. The Hall–Kier alpha value is -3.37. The van der Waals surface area contributed by atoms with E-state index in [1.165, 1.54) is 36.4 Å². The molecule has 2 aromatic heterocycles. The maximum absolute atomic E-state index is 14.4. The van der Waals surface area contributed by atoms with E-state index < -0.39 is 29.0 Å². The highest BCUT2D eigenvalue weighted by Crippen LogP contribution is 2.45. The molecule has 2 aromatic carbocycles. The lowest BCUT2D eigenvalue weighted by Gasteiger charge is -2.12. The quantitative estimate of drug-likeness (QED) is 0.269. The Morgan fingerprint density at radius 1 is 1.12 bits per heavy atom. The van der Waals surface area contributed by atoms with Gasteiger partial charge in [-0.2, -0.15) is 18.3 Å². The molecule has 0 saturated heterocycles. The van der Waals surface area contributed by atoms with Gasteiger partial charge in [0.2, 0.25) is 6.41 Å². The monoisotopic (exact) mass is 484 g/mol. The van der Waals surface area contributed by atoms with Gasteiger partial charge >= 0.3 is 6.18 Å². The number of hydrogen-bond acceptors (Lipinski definition) is 4. The van der Waals surface area contributed by atoms with Gasteiger partial charge in [0, 0.05) is 5.02 Å². The summed E-state index contributed by atoms with van der Waals surface area (Å²) in [6, 6.07) is 9.42. The molecule has 0 spiro atoms. The topological polar surface area (TPSA) is 73.0 Å². The Morgan fingerprint density at radius 3 is 2.53 bits per heavy atom. The highest BCUT2D eigenvalue weighted by atomic mass is 35.5. The van der Waals surface area contributed by atoms with Crippen molar-refractivity contribution in [2.75, 3.05) is 5.32 Å². The van der Waals surface area contributed by atoms with E-state index in [0.29, 0.717) is 4.68 Å².